The zero-order chi connectivity index (χ0) is 33.9. The van der Waals surface area contributed by atoms with Gasteiger partial charge in [-0.3, -0.25) is 0 Å². The minimum absolute atomic E-state index is 0.0990. The maximum absolute atomic E-state index is 10.8. The molecule has 254 valence electrons. The third kappa shape index (κ3) is 13.7. The van der Waals surface area contributed by atoms with Crippen LogP contribution in [0.1, 0.15) is 65.0 Å². The van der Waals surface area contributed by atoms with Gasteiger partial charge in [-0.2, -0.15) is 0 Å². The highest BCUT2D eigenvalue weighted by atomic mass is 16.7. The molecule has 0 radical (unpaired) electrons. The normalized spacial score (nSPS) is 16.0. The van der Waals surface area contributed by atoms with Gasteiger partial charge in [-0.15, -0.1) is 6.58 Å². The van der Waals surface area contributed by atoms with E-state index < -0.39 is 6.10 Å². The van der Waals surface area contributed by atoms with E-state index in [1.165, 1.54) is 0 Å². The maximum Gasteiger partial charge on any atom is 0.147 e. The summed E-state index contributed by atoms with van der Waals surface area (Å²) in [5.74, 6) is 1.73. The number of rotatable bonds is 22. The molecule has 0 unspecified atom stereocenters. The molecule has 46 heavy (non-hydrogen) atoms. The molecule has 0 fully saturated rings. The summed E-state index contributed by atoms with van der Waals surface area (Å²) in [4.78, 5) is 0. The fourth-order valence-electron chi connectivity index (χ4n) is 5.11. The van der Waals surface area contributed by atoms with E-state index >= 15 is 0 Å². The molecule has 0 aromatic heterocycles. The molecular formula is C39H56O7. The van der Waals surface area contributed by atoms with Gasteiger partial charge in [0.2, 0.25) is 0 Å². The molecule has 5 atom stereocenters. The van der Waals surface area contributed by atoms with Gasteiger partial charge in [0.15, 0.2) is 0 Å². The van der Waals surface area contributed by atoms with Gasteiger partial charge in [0.05, 0.1) is 51.8 Å². The average molecular weight is 637 g/mol. The van der Waals surface area contributed by atoms with Crippen LogP contribution < -0.4 is 9.47 Å². The topological polar surface area (TPSA) is 75.6 Å². The predicted molar refractivity (Wildman–Crippen MR) is 186 cm³/mol. The van der Waals surface area contributed by atoms with Crippen molar-refractivity contribution in [1.82, 2.24) is 0 Å². The Morgan fingerprint density at radius 1 is 0.804 bits per heavy atom. The van der Waals surface area contributed by atoms with E-state index in [0.29, 0.717) is 26.1 Å². The molecule has 0 aliphatic rings. The van der Waals surface area contributed by atoms with Crippen LogP contribution >= 0.6 is 0 Å². The Hall–Kier alpha value is -3.20. The number of hydrogen-bond acceptors (Lipinski definition) is 7. The highest BCUT2D eigenvalue weighted by Gasteiger charge is 2.23. The molecule has 7 nitrogen and oxygen atoms in total. The lowest BCUT2D eigenvalue weighted by molar-refractivity contribution is -0.0717. The molecule has 2 aromatic carbocycles. The lowest BCUT2D eigenvalue weighted by Crippen LogP contribution is -2.26. The van der Waals surface area contributed by atoms with Crippen LogP contribution in [0.5, 0.6) is 11.5 Å². The van der Waals surface area contributed by atoms with Crippen molar-refractivity contribution in [3.8, 4) is 11.5 Å². The molecule has 2 rings (SSSR count). The van der Waals surface area contributed by atoms with E-state index in [1.54, 1.807) is 21.3 Å². The zero-order valence-corrected chi connectivity index (χ0v) is 29.2. The van der Waals surface area contributed by atoms with Crippen LogP contribution in [0, 0.1) is 5.92 Å². The van der Waals surface area contributed by atoms with Crippen molar-refractivity contribution in [3.05, 3.63) is 107 Å². The van der Waals surface area contributed by atoms with Gasteiger partial charge in [-0.05, 0) is 93.5 Å². The standard InChI is InChI=1S/C39H56O7/c1-10-12-38(45-26-33-16-20-36(43-9)21-17-33)29(4)24-34(11-2)39(46-27-41-7)30(5)23-28(3)13-22-37(40)31(6)44-25-32-14-18-35(42-8)19-15-32/h10,13-21,23-24,31,34,37-40H,1,11-12,22,25-27H2,2-9H3/b28-13+,29-24+,30-23+/t31-,34+,37+,38+,39+/m1/s1. The molecule has 0 heterocycles. The van der Waals surface area contributed by atoms with Gasteiger partial charge in [0.25, 0.3) is 0 Å². The van der Waals surface area contributed by atoms with Crippen molar-refractivity contribution in [3.63, 3.8) is 0 Å². The summed E-state index contributed by atoms with van der Waals surface area (Å²) >= 11 is 0. The summed E-state index contributed by atoms with van der Waals surface area (Å²) < 4.78 is 34.3. The van der Waals surface area contributed by atoms with Gasteiger partial charge in [-0.1, -0.05) is 61.1 Å². The first-order valence-corrected chi connectivity index (χ1v) is 16.1. The molecule has 0 aliphatic heterocycles. The number of allylic oxidation sites excluding steroid dienone is 2. The van der Waals surface area contributed by atoms with E-state index in [4.69, 9.17) is 28.4 Å². The molecule has 0 bridgehead atoms. The third-order valence-corrected chi connectivity index (χ3v) is 8.00. The monoisotopic (exact) mass is 636 g/mol. The molecule has 0 amide bonds. The summed E-state index contributed by atoms with van der Waals surface area (Å²) in [6, 6.07) is 15.7. The van der Waals surface area contributed by atoms with E-state index in [-0.39, 0.29) is 31.0 Å². The first-order valence-electron chi connectivity index (χ1n) is 16.1. The summed E-state index contributed by atoms with van der Waals surface area (Å²) in [6.45, 7) is 15.4. The fourth-order valence-corrected chi connectivity index (χ4v) is 5.11. The van der Waals surface area contributed by atoms with Crippen molar-refractivity contribution < 1.29 is 33.5 Å². The average Bonchev–Trinajstić information content (AvgIpc) is 3.07. The molecule has 1 N–H and O–H groups in total. The van der Waals surface area contributed by atoms with Crippen LogP contribution in [0.2, 0.25) is 0 Å². The minimum Gasteiger partial charge on any atom is -0.497 e. The van der Waals surface area contributed by atoms with E-state index in [1.807, 2.05) is 74.5 Å². The van der Waals surface area contributed by atoms with Gasteiger partial charge in [-0.25, -0.2) is 0 Å². The van der Waals surface area contributed by atoms with Crippen LogP contribution in [-0.4, -0.2) is 57.6 Å². The Balaban J connectivity index is 2.09. The smallest absolute Gasteiger partial charge is 0.147 e. The van der Waals surface area contributed by atoms with Crippen molar-refractivity contribution in [2.45, 2.75) is 91.5 Å². The number of aliphatic hydroxyl groups is 1. The first-order chi connectivity index (χ1) is 22.1. The largest absolute Gasteiger partial charge is 0.497 e. The van der Waals surface area contributed by atoms with Crippen LogP contribution in [0.3, 0.4) is 0 Å². The van der Waals surface area contributed by atoms with Crippen molar-refractivity contribution in [1.29, 1.82) is 0 Å². The molecule has 0 spiro atoms. The summed E-state index contributed by atoms with van der Waals surface area (Å²) in [5, 5.41) is 10.8. The number of methoxy groups -OCH3 is 3. The van der Waals surface area contributed by atoms with Crippen LogP contribution in [0.15, 0.2) is 96.1 Å². The molecule has 0 aliphatic carbocycles. The number of hydrogen-bond donors (Lipinski definition) is 1. The molecule has 7 heteroatoms. The Labute approximate surface area is 277 Å². The third-order valence-electron chi connectivity index (χ3n) is 8.00. The maximum atomic E-state index is 10.8. The highest BCUT2D eigenvalue weighted by molar-refractivity contribution is 5.28. The van der Waals surface area contributed by atoms with Gasteiger partial charge in [0.1, 0.15) is 18.3 Å². The molecular weight excluding hydrogens is 580 g/mol. The second kappa shape index (κ2) is 21.6. The second-order valence-electron chi connectivity index (χ2n) is 11.7. The second-order valence-corrected chi connectivity index (χ2v) is 11.7. The van der Waals surface area contributed by atoms with Crippen molar-refractivity contribution >= 4 is 0 Å². The summed E-state index contributed by atoms with van der Waals surface area (Å²) in [7, 11) is 4.94. The Morgan fingerprint density at radius 2 is 1.37 bits per heavy atom. The first kappa shape index (κ1) is 39.0. The lowest BCUT2D eigenvalue weighted by Gasteiger charge is -2.27. The highest BCUT2D eigenvalue weighted by Crippen LogP contribution is 2.26. The quantitative estimate of drug-likeness (QED) is 0.0791. The van der Waals surface area contributed by atoms with E-state index in [0.717, 1.165) is 45.8 Å². The Bertz CT molecular complexity index is 1230. The van der Waals surface area contributed by atoms with Crippen molar-refractivity contribution in [2.75, 3.05) is 28.1 Å². The van der Waals surface area contributed by atoms with Crippen LogP contribution in [-0.2, 0) is 32.2 Å². The minimum atomic E-state index is -0.629. The summed E-state index contributed by atoms with van der Waals surface area (Å²) in [5.41, 5.74) is 5.38. The Kier molecular flexibility index (Phi) is 18.3. The molecule has 0 saturated heterocycles. The summed E-state index contributed by atoms with van der Waals surface area (Å²) in [6.07, 6.45) is 9.17. The van der Waals surface area contributed by atoms with Crippen LogP contribution in [0.25, 0.3) is 0 Å². The fraction of sp³-hybridized carbons (Fsp3) is 0.487. The van der Waals surface area contributed by atoms with Crippen molar-refractivity contribution in [2.24, 2.45) is 5.92 Å². The lowest BCUT2D eigenvalue weighted by atomic mass is 9.89. The number of ether oxygens (including phenoxy) is 6. The van der Waals surface area contributed by atoms with Gasteiger partial charge >= 0.3 is 0 Å². The van der Waals surface area contributed by atoms with E-state index in [2.05, 4.69) is 39.5 Å². The van der Waals surface area contributed by atoms with E-state index in [9.17, 15) is 5.11 Å². The SMILES string of the molecule is C=CC[C@H](OCc1ccc(OC)cc1)/C(C)=C/[C@H](CC)[C@@H](OCOC)/C(C)=C/C(C)=C/C[C@H](O)[C@@H](C)OCc1ccc(OC)cc1. The predicted octanol–water partition coefficient (Wildman–Crippen LogP) is 8.38. The van der Waals surface area contributed by atoms with Gasteiger partial charge in [0, 0.05) is 13.0 Å². The molecule has 0 saturated carbocycles. The number of benzene rings is 2. The van der Waals surface area contributed by atoms with Gasteiger partial charge < -0.3 is 33.5 Å². The molecule has 2 aromatic rings. The van der Waals surface area contributed by atoms with Crippen LogP contribution in [0.4, 0.5) is 0 Å². The number of aliphatic hydroxyl groups excluding tert-OH is 1. The zero-order valence-electron chi connectivity index (χ0n) is 29.2. The Morgan fingerprint density at radius 3 is 1.87 bits per heavy atom.